The van der Waals surface area contributed by atoms with Crippen molar-refractivity contribution in [1.29, 1.82) is 0 Å². The monoisotopic (exact) mass is 256 g/mol. The Balaban J connectivity index is 0.000000492. The van der Waals surface area contributed by atoms with Crippen molar-refractivity contribution in [1.82, 2.24) is 0 Å². The molecule has 2 unspecified atom stereocenters. The highest BCUT2D eigenvalue weighted by Gasteiger charge is 2.41. The summed E-state index contributed by atoms with van der Waals surface area (Å²) >= 11 is 0. The highest BCUT2D eigenvalue weighted by molar-refractivity contribution is 5.87. The quantitative estimate of drug-likeness (QED) is 0.640. The third-order valence-corrected chi connectivity index (χ3v) is 3.24. The lowest BCUT2D eigenvalue weighted by molar-refractivity contribution is -0.134. The number of hydrogen-bond donors (Lipinski definition) is 3. The predicted octanol–water partition coefficient (Wildman–Crippen LogP) is 0.927. The normalized spacial score (nSPS) is 29.2. The Bertz CT molecular complexity index is 358. The van der Waals surface area contributed by atoms with Gasteiger partial charge in [-0.3, -0.25) is 0 Å². The van der Waals surface area contributed by atoms with Gasteiger partial charge in [-0.25, -0.2) is 4.79 Å². The summed E-state index contributed by atoms with van der Waals surface area (Å²) < 4.78 is 5.30. The largest absolute Gasteiger partial charge is 0.497 e. The smallest absolute Gasteiger partial charge is 0.335 e. The van der Waals surface area contributed by atoms with Crippen LogP contribution in [0.2, 0.25) is 0 Å². The molecular formula is C13H20O5. The molecule has 2 rings (SSSR count). The average molecular weight is 256 g/mol. The van der Waals surface area contributed by atoms with Crippen LogP contribution < -0.4 is 0 Å². The minimum Gasteiger partial charge on any atom is -0.497 e. The third kappa shape index (κ3) is 2.91. The molecule has 1 aliphatic carbocycles. The Morgan fingerprint density at radius 3 is 2.61 bits per heavy atom. The van der Waals surface area contributed by atoms with Crippen LogP contribution in [0.3, 0.4) is 0 Å². The number of aliphatic hydroxyl groups excluding tert-OH is 2. The number of carboxylic acid groups (broad SMARTS) is 1. The maximum absolute atomic E-state index is 11.0. The summed E-state index contributed by atoms with van der Waals surface area (Å²) in [4.78, 5) is 11.0. The van der Waals surface area contributed by atoms with Gasteiger partial charge >= 0.3 is 5.97 Å². The molecular weight excluding hydrogens is 236 g/mol. The van der Waals surface area contributed by atoms with Gasteiger partial charge in [0.05, 0.1) is 18.4 Å². The molecule has 0 aromatic carbocycles. The van der Waals surface area contributed by atoms with E-state index in [2.05, 4.69) is 0 Å². The van der Waals surface area contributed by atoms with E-state index in [1.807, 2.05) is 13.0 Å². The van der Waals surface area contributed by atoms with Gasteiger partial charge in [0.15, 0.2) is 0 Å². The van der Waals surface area contributed by atoms with E-state index in [1.54, 1.807) is 6.92 Å². The Morgan fingerprint density at radius 2 is 2.11 bits per heavy atom. The minimum absolute atomic E-state index is 0.0121. The maximum Gasteiger partial charge on any atom is 0.335 e. The van der Waals surface area contributed by atoms with Gasteiger partial charge in [0.1, 0.15) is 6.10 Å². The topological polar surface area (TPSA) is 87.0 Å². The molecule has 3 N–H and O–H groups in total. The first-order valence-corrected chi connectivity index (χ1v) is 6.06. The van der Waals surface area contributed by atoms with Crippen LogP contribution in [0, 0.1) is 11.8 Å². The Kier molecular flexibility index (Phi) is 5.37. The van der Waals surface area contributed by atoms with Gasteiger partial charge in [-0.2, -0.15) is 0 Å². The number of allylic oxidation sites excluding steroid dienone is 1. The molecule has 0 fully saturated rings. The van der Waals surface area contributed by atoms with Crippen molar-refractivity contribution in [3.05, 3.63) is 23.5 Å². The number of hydrogen-bond acceptors (Lipinski definition) is 4. The van der Waals surface area contributed by atoms with Crippen LogP contribution in [0.15, 0.2) is 23.5 Å². The lowest BCUT2D eigenvalue weighted by Crippen LogP contribution is -2.33. The number of fused-ring (bicyclic) bond motifs is 1. The first-order chi connectivity index (χ1) is 8.56. The van der Waals surface area contributed by atoms with Crippen molar-refractivity contribution < 1.29 is 24.9 Å². The third-order valence-electron chi connectivity index (χ3n) is 3.24. The summed E-state index contributed by atoms with van der Waals surface area (Å²) in [6.45, 7) is 3.82. The van der Waals surface area contributed by atoms with Gasteiger partial charge < -0.3 is 20.1 Å². The summed E-state index contributed by atoms with van der Waals surface area (Å²) in [6, 6.07) is 0. The van der Waals surface area contributed by atoms with Crippen LogP contribution in [0.1, 0.15) is 20.3 Å². The Morgan fingerprint density at radius 1 is 1.50 bits per heavy atom. The van der Waals surface area contributed by atoms with E-state index >= 15 is 0 Å². The summed E-state index contributed by atoms with van der Waals surface area (Å²) in [5.74, 6) is -0.941. The summed E-state index contributed by atoms with van der Waals surface area (Å²) in [5, 5.41) is 25.7. The van der Waals surface area contributed by atoms with Crippen LogP contribution >= 0.6 is 0 Å². The van der Waals surface area contributed by atoms with Crippen molar-refractivity contribution in [2.45, 2.75) is 26.4 Å². The van der Waals surface area contributed by atoms with Crippen molar-refractivity contribution in [3.8, 4) is 0 Å². The fourth-order valence-corrected chi connectivity index (χ4v) is 2.50. The first-order valence-electron chi connectivity index (χ1n) is 6.06. The van der Waals surface area contributed by atoms with E-state index in [9.17, 15) is 4.79 Å². The fourth-order valence-electron chi connectivity index (χ4n) is 2.50. The molecule has 0 spiro atoms. The van der Waals surface area contributed by atoms with E-state index in [-0.39, 0.29) is 31.2 Å². The lowest BCUT2D eigenvalue weighted by atomic mass is 9.81. The van der Waals surface area contributed by atoms with Crippen LogP contribution in [0.4, 0.5) is 0 Å². The van der Waals surface area contributed by atoms with Crippen LogP contribution in [0.25, 0.3) is 0 Å². The molecule has 0 saturated carbocycles. The molecule has 0 amide bonds. The average Bonchev–Trinajstić information content (AvgIpc) is 2.74. The standard InChI is InChI=1S/C11H14O4.C2H6O/c1-6-10-7(4-12)2-3-8(10)9(5-15-6)11(13)14;1-2-3/h2,5-6,8,10,12H,3-4H2,1H3,(H,13,14);3H,2H2,1H3/t6?,8-,10?;/m1./s1. The summed E-state index contributed by atoms with van der Waals surface area (Å²) in [6.07, 6.45) is 3.91. The number of carboxylic acids is 1. The maximum atomic E-state index is 11.0. The first kappa shape index (κ1) is 14.7. The molecule has 0 aromatic rings. The highest BCUT2D eigenvalue weighted by atomic mass is 16.5. The minimum atomic E-state index is -0.926. The molecule has 2 aliphatic rings. The van der Waals surface area contributed by atoms with E-state index in [4.69, 9.17) is 20.1 Å². The van der Waals surface area contributed by atoms with E-state index in [0.717, 1.165) is 5.57 Å². The van der Waals surface area contributed by atoms with Gasteiger partial charge in [-0.05, 0) is 25.8 Å². The molecule has 18 heavy (non-hydrogen) atoms. The molecule has 0 bridgehead atoms. The second-order valence-corrected chi connectivity index (χ2v) is 4.34. The molecule has 5 heteroatoms. The van der Waals surface area contributed by atoms with Crippen molar-refractivity contribution >= 4 is 5.97 Å². The van der Waals surface area contributed by atoms with Crippen LogP contribution in [-0.4, -0.2) is 40.6 Å². The van der Waals surface area contributed by atoms with Crippen molar-refractivity contribution in [3.63, 3.8) is 0 Å². The van der Waals surface area contributed by atoms with Gasteiger partial charge in [-0.15, -0.1) is 0 Å². The zero-order chi connectivity index (χ0) is 13.7. The number of ether oxygens (including phenoxy) is 1. The zero-order valence-corrected chi connectivity index (χ0v) is 10.7. The molecule has 0 radical (unpaired) electrons. The molecule has 3 atom stereocenters. The summed E-state index contributed by atoms with van der Waals surface area (Å²) in [5.41, 5.74) is 1.22. The zero-order valence-electron chi connectivity index (χ0n) is 10.7. The van der Waals surface area contributed by atoms with Gasteiger partial charge in [0, 0.05) is 18.4 Å². The predicted molar refractivity (Wildman–Crippen MR) is 65.8 cm³/mol. The van der Waals surface area contributed by atoms with Gasteiger partial charge in [-0.1, -0.05) is 6.08 Å². The number of aliphatic hydroxyl groups is 2. The number of carbonyl (C=O) groups is 1. The van der Waals surface area contributed by atoms with Crippen LogP contribution in [0.5, 0.6) is 0 Å². The Labute approximate surface area is 106 Å². The highest BCUT2D eigenvalue weighted by Crippen LogP contribution is 2.42. The molecule has 102 valence electrons. The number of aliphatic carboxylic acids is 1. The van der Waals surface area contributed by atoms with Crippen LogP contribution in [-0.2, 0) is 9.53 Å². The summed E-state index contributed by atoms with van der Waals surface area (Å²) in [7, 11) is 0. The van der Waals surface area contributed by atoms with Crippen molar-refractivity contribution in [2.75, 3.05) is 13.2 Å². The molecule has 5 nitrogen and oxygen atoms in total. The van der Waals surface area contributed by atoms with Gasteiger partial charge in [0.25, 0.3) is 0 Å². The van der Waals surface area contributed by atoms with E-state index < -0.39 is 5.97 Å². The lowest BCUT2D eigenvalue weighted by Gasteiger charge is -2.32. The van der Waals surface area contributed by atoms with Crippen molar-refractivity contribution in [2.24, 2.45) is 11.8 Å². The van der Waals surface area contributed by atoms with E-state index in [0.29, 0.717) is 12.0 Å². The number of rotatable bonds is 2. The Hall–Kier alpha value is -1.33. The SMILES string of the molecule is CC1OC=C(C(=O)O)[C@H]2CC=C(CO)C12.CCO. The second kappa shape index (κ2) is 6.56. The molecule has 0 saturated heterocycles. The molecule has 1 heterocycles. The fraction of sp³-hybridized carbons (Fsp3) is 0.615. The van der Waals surface area contributed by atoms with Gasteiger partial charge in [0.2, 0.25) is 0 Å². The molecule has 1 aliphatic heterocycles. The molecule has 0 aromatic heterocycles. The second-order valence-electron chi connectivity index (χ2n) is 4.34. The van der Waals surface area contributed by atoms with E-state index in [1.165, 1.54) is 6.26 Å².